The lowest BCUT2D eigenvalue weighted by atomic mass is 9.54. The molecular weight excluding hydrogens is 374 g/mol. The summed E-state index contributed by atoms with van der Waals surface area (Å²) in [5.41, 5.74) is -7.34. The van der Waals surface area contributed by atoms with Crippen LogP contribution in [0.5, 0.6) is 0 Å². The predicted molar refractivity (Wildman–Crippen MR) is 84.8 cm³/mol. The Balaban J connectivity index is 2.00. The second-order valence-corrected chi connectivity index (χ2v) is 7.08. The number of alkyl halides is 6. The van der Waals surface area contributed by atoms with Gasteiger partial charge in [0.1, 0.15) is 5.41 Å². The van der Waals surface area contributed by atoms with Gasteiger partial charge in [-0.1, -0.05) is 30.4 Å². The SMILES string of the molecule is CC1=NN(c2ccccc2)C(=O)[C@]12[C@H]1C=C[C@H](C1)C2(C(F)(F)F)C(F)(F)F. The lowest BCUT2D eigenvalue weighted by molar-refractivity contribution is -0.368. The molecule has 144 valence electrons. The Morgan fingerprint density at radius 1 is 1.00 bits per heavy atom. The summed E-state index contributed by atoms with van der Waals surface area (Å²) in [6.45, 7) is 1.08. The van der Waals surface area contributed by atoms with Crippen molar-refractivity contribution < 1.29 is 31.1 Å². The fourth-order valence-corrected chi connectivity index (χ4v) is 5.18. The molecule has 9 heteroatoms. The molecule has 1 aromatic rings. The molecule has 1 fully saturated rings. The first-order valence-corrected chi connectivity index (χ1v) is 8.26. The highest BCUT2D eigenvalue weighted by Crippen LogP contribution is 2.76. The Labute approximate surface area is 150 Å². The maximum Gasteiger partial charge on any atom is 0.405 e. The fraction of sp³-hybridized carbons (Fsp3) is 0.444. The standard InChI is InChI=1S/C18H14F6N2O/c1-10-15(14(27)26(25-10)13-5-3-2-4-6-13)11-7-8-12(9-11)16(15,17(19,20)21)18(22,23)24/h2-8,11-12H,9H2,1H3/t11-,12+,15+/m0/s1. The van der Waals surface area contributed by atoms with Gasteiger partial charge in [-0.05, 0) is 31.4 Å². The van der Waals surface area contributed by atoms with Gasteiger partial charge in [-0.3, -0.25) is 4.79 Å². The van der Waals surface area contributed by atoms with Crippen molar-refractivity contribution in [2.24, 2.45) is 27.8 Å². The van der Waals surface area contributed by atoms with Gasteiger partial charge < -0.3 is 0 Å². The minimum absolute atomic E-state index is 0.128. The Morgan fingerprint density at radius 3 is 2.11 bits per heavy atom. The van der Waals surface area contributed by atoms with E-state index < -0.39 is 46.6 Å². The zero-order valence-electron chi connectivity index (χ0n) is 14.0. The van der Waals surface area contributed by atoms with Crippen molar-refractivity contribution in [2.75, 3.05) is 5.01 Å². The largest absolute Gasteiger partial charge is 0.405 e. The number of rotatable bonds is 1. The highest BCUT2D eigenvalue weighted by atomic mass is 19.4. The van der Waals surface area contributed by atoms with Crippen LogP contribution in [0.4, 0.5) is 32.0 Å². The summed E-state index contributed by atoms with van der Waals surface area (Å²) >= 11 is 0. The van der Waals surface area contributed by atoms with Crippen molar-refractivity contribution in [2.45, 2.75) is 25.7 Å². The molecule has 3 aliphatic rings. The minimum Gasteiger partial charge on any atom is -0.271 e. The molecule has 1 aromatic carbocycles. The number of hydrogen-bond donors (Lipinski definition) is 0. The average Bonchev–Trinajstić information content (AvgIpc) is 3.22. The average molecular weight is 388 g/mol. The van der Waals surface area contributed by atoms with Gasteiger partial charge in [0, 0.05) is 5.92 Å². The number of nitrogens with zero attached hydrogens (tertiary/aromatic N) is 2. The van der Waals surface area contributed by atoms with Gasteiger partial charge in [-0.15, -0.1) is 0 Å². The smallest absolute Gasteiger partial charge is 0.271 e. The summed E-state index contributed by atoms with van der Waals surface area (Å²) in [6.07, 6.45) is -9.49. The number of allylic oxidation sites excluding steroid dienone is 2. The number of halogens is 6. The molecule has 1 spiro atoms. The van der Waals surface area contributed by atoms with Gasteiger partial charge in [0.2, 0.25) is 0 Å². The summed E-state index contributed by atoms with van der Waals surface area (Å²) in [5, 5.41) is 4.56. The summed E-state index contributed by atoms with van der Waals surface area (Å²) in [6, 6.07) is 7.51. The number of carbonyl (C=O) groups excluding carboxylic acids is 1. The number of amides is 1. The lowest BCUT2D eigenvalue weighted by Gasteiger charge is -2.49. The number of fused-ring (bicyclic) bond motifs is 3. The molecule has 2 bridgehead atoms. The number of anilines is 1. The second-order valence-electron chi connectivity index (χ2n) is 7.08. The van der Waals surface area contributed by atoms with Gasteiger partial charge in [0.25, 0.3) is 5.91 Å². The van der Waals surface area contributed by atoms with E-state index in [0.717, 1.165) is 13.0 Å². The van der Waals surface area contributed by atoms with Crippen molar-refractivity contribution in [3.05, 3.63) is 42.5 Å². The monoisotopic (exact) mass is 388 g/mol. The molecule has 1 aliphatic heterocycles. The van der Waals surface area contributed by atoms with E-state index in [0.29, 0.717) is 5.01 Å². The Kier molecular flexibility index (Phi) is 3.44. The van der Waals surface area contributed by atoms with Crippen molar-refractivity contribution in [3.63, 3.8) is 0 Å². The van der Waals surface area contributed by atoms with E-state index in [2.05, 4.69) is 5.10 Å². The van der Waals surface area contributed by atoms with Crippen LogP contribution in [0.2, 0.25) is 0 Å². The van der Waals surface area contributed by atoms with Crippen molar-refractivity contribution >= 4 is 17.3 Å². The van der Waals surface area contributed by atoms with Crippen LogP contribution in [0.1, 0.15) is 13.3 Å². The lowest BCUT2D eigenvalue weighted by Crippen LogP contribution is -2.67. The first kappa shape index (κ1) is 18.1. The van der Waals surface area contributed by atoms with E-state index in [1.54, 1.807) is 6.07 Å². The highest BCUT2D eigenvalue weighted by Gasteiger charge is 2.90. The van der Waals surface area contributed by atoms with E-state index in [-0.39, 0.29) is 12.1 Å². The van der Waals surface area contributed by atoms with Gasteiger partial charge in [0.05, 0.1) is 11.4 Å². The van der Waals surface area contributed by atoms with E-state index >= 15 is 0 Å². The zero-order valence-corrected chi connectivity index (χ0v) is 14.0. The van der Waals surface area contributed by atoms with Crippen LogP contribution in [0.3, 0.4) is 0 Å². The maximum atomic E-state index is 14.2. The molecule has 0 aromatic heterocycles. The zero-order chi connectivity index (χ0) is 19.8. The maximum absolute atomic E-state index is 14.2. The van der Waals surface area contributed by atoms with Gasteiger partial charge in [-0.25, -0.2) is 0 Å². The Hall–Kier alpha value is -2.32. The molecule has 27 heavy (non-hydrogen) atoms. The molecule has 3 nitrogen and oxygen atoms in total. The predicted octanol–water partition coefficient (Wildman–Crippen LogP) is 4.71. The number of hydrazone groups is 1. The molecular formula is C18H14F6N2O. The first-order chi connectivity index (χ1) is 12.5. The third-order valence-electron chi connectivity index (χ3n) is 6.06. The van der Waals surface area contributed by atoms with E-state index in [1.165, 1.54) is 30.3 Å². The Morgan fingerprint density at radius 2 is 1.56 bits per heavy atom. The molecule has 4 rings (SSSR count). The van der Waals surface area contributed by atoms with Crippen molar-refractivity contribution in [1.82, 2.24) is 0 Å². The van der Waals surface area contributed by atoms with Gasteiger partial charge >= 0.3 is 12.4 Å². The Bertz CT molecular complexity index is 843. The van der Waals surface area contributed by atoms with Crippen LogP contribution in [-0.4, -0.2) is 24.0 Å². The van der Waals surface area contributed by atoms with E-state index in [1.807, 2.05) is 0 Å². The number of carbonyl (C=O) groups is 1. The quantitative estimate of drug-likeness (QED) is 0.507. The first-order valence-electron chi connectivity index (χ1n) is 8.26. The molecule has 2 aliphatic carbocycles. The summed E-state index contributed by atoms with van der Waals surface area (Å²) in [7, 11) is 0. The summed E-state index contributed by atoms with van der Waals surface area (Å²) in [5.74, 6) is -4.35. The third kappa shape index (κ3) is 1.84. The molecule has 0 saturated heterocycles. The van der Waals surface area contributed by atoms with Crippen molar-refractivity contribution in [1.29, 1.82) is 0 Å². The summed E-state index contributed by atoms with van der Waals surface area (Å²) in [4.78, 5) is 13.2. The topological polar surface area (TPSA) is 32.7 Å². The number of hydrogen-bond acceptors (Lipinski definition) is 2. The van der Waals surface area contributed by atoms with E-state index in [9.17, 15) is 31.1 Å². The number of para-hydroxylation sites is 1. The van der Waals surface area contributed by atoms with Crippen LogP contribution in [0.25, 0.3) is 0 Å². The van der Waals surface area contributed by atoms with Crippen LogP contribution in [0, 0.1) is 22.7 Å². The molecule has 1 saturated carbocycles. The third-order valence-corrected chi connectivity index (χ3v) is 6.06. The highest BCUT2D eigenvalue weighted by molar-refractivity contribution is 6.20. The van der Waals surface area contributed by atoms with E-state index in [4.69, 9.17) is 0 Å². The van der Waals surface area contributed by atoms with Crippen LogP contribution in [-0.2, 0) is 4.79 Å². The summed E-state index contributed by atoms with van der Waals surface area (Å²) < 4.78 is 85.0. The number of benzene rings is 1. The normalized spacial score (nSPS) is 31.9. The second kappa shape index (κ2) is 5.14. The van der Waals surface area contributed by atoms with Crippen LogP contribution in [0.15, 0.2) is 47.6 Å². The van der Waals surface area contributed by atoms with Crippen LogP contribution < -0.4 is 5.01 Å². The van der Waals surface area contributed by atoms with Crippen LogP contribution >= 0.6 is 0 Å². The molecule has 0 unspecified atom stereocenters. The van der Waals surface area contributed by atoms with Crippen molar-refractivity contribution in [3.8, 4) is 0 Å². The molecule has 1 amide bonds. The molecule has 0 N–H and O–H groups in total. The minimum atomic E-state index is -5.67. The van der Waals surface area contributed by atoms with Gasteiger partial charge in [0.15, 0.2) is 5.41 Å². The fourth-order valence-electron chi connectivity index (χ4n) is 5.18. The molecule has 3 atom stereocenters. The van der Waals surface area contributed by atoms with Gasteiger partial charge in [-0.2, -0.15) is 36.5 Å². The molecule has 1 heterocycles. The molecule has 0 radical (unpaired) electrons.